The molecule has 0 fully saturated rings. The van der Waals surface area contributed by atoms with Crippen LogP contribution in [0.1, 0.15) is 6.92 Å². The Morgan fingerprint density at radius 3 is 1.78 bits per heavy atom. The van der Waals surface area contributed by atoms with Crippen LogP contribution in [0.15, 0.2) is 11.3 Å². The standard InChI is InChI=1S/C13H9F5O5/c1-4(19)6(13(21)22-2)5(20)3-23-12-10(17)8(15)7(14)9(16)11(12)18/h20H,3H2,1-2H3/b6-5+. The minimum atomic E-state index is -2.38. The zero-order chi connectivity index (χ0) is 17.9. The van der Waals surface area contributed by atoms with E-state index in [1.165, 1.54) is 0 Å². The van der Waals surface area contributed by atoms with Gasteiger partial charge in [0.2, 0.25) is 29.1 Å². The average Bonchev–Trinajstić information content (AvgIpc) is 2.50. The van der Waals surface area contributed by atoms with Gasteiger partial charge in [0.25, 0.3) is 0 Å². The molecule has 1 rings (SSSR count). The molecule has 1 N–H and O–H groups in total. The summed E-state index contributed by atoms with van der Waals surface area (Å²) in [6.07, 6.45) is 0. The first-order valence-electron chi connectivity index (χ1n) is 5.79. The van der Waals surface area contributed by atoms with Crippen molar-refractivity contribution in [3.05, 3.63) is 40.4 Å². The van der Waals surface area contributed by atoms with E-state index in [4.69, 9.17) is 0 Å². The van der Waals surface area contributed by atoms with Crippen LogP contribution in [0.4, 0.5) is 22.0 Å². The van der Waals surface area contributed by atoms with Crippen molar-refractivity contribution in [2.45, 2.75) is 6.92 Å². The third-order valence-electron chi connectivity index (χ3n) is 2.55. The molecule has 0 bridgehead atoms. The molecular formula is C13H9F5O5. The number of hydrogen-bond donors (Lipinski definition) is 1. The number of aliphatic hydroxyl groups excluding tert-OH is 1. The summed E-state index contributed by atoms with van der Waals surface area (Å²) in [5, 5.41) is 9.54. The first-order valence-corrected chi connectivity index (χ1v) is 5.79. The molecule has 0 aliphatic heterocycles. The number of hydrogen-bond acceptors (Lipinski definition) is 5. The predicted molar refractivity (Wildman–Crippen MR) is 64.1 cm³/mol. The molecule has 0 saturated carbocycles. The molecule has 0 atom stereocenters. The number of ketones is 1. The first-order chi connectivity index (χ1) is 10.6. The third kappa shape index (κ3) is 3.58. The molecule has 0 heterocycles. The van der Waals surface area contributed by atoms with E-state index in [0.29, 0.717) is 0 Å². The van der Waals surface area contributed by atoms with Gasteiger partial charge in [-0.2, -0.15) is 8.78 Å². The highest BCUT2D eigenvalue weighted by molar-refractivity contribution is 6.16. The monoisotopic (exact) mass is 340 g/mol. The molecule has 0 amide bonds. The fourth-order valence-electron chi connectivity index (χ4n) is 1.49. The van der Waals surface area contributed by atoms with Crippen molar-refractivity contribution in [2.24, 2.45) is 0 Å². The van der Waals surface area contributed by atoms with Gasteiger partial charge in [0.1, 0.15) is 17.9 Å². The van der Waals surface area contributed by atoms with Crippen molar-refractivity contribution in [1.29, 1.82) is 0 Å². The van der Waals surface area contributed by atoms with E-state index in [1.54, 1.807) is 0 Å². The van der Waals surface area contributed by atoms with Crippen LogP contribution in [-0.4, -0.2) is 30.6 Å². The molecule has 126 valence electrons. The highest BCUT2D eigenvalue weighted by Crippen LogP contribution is 2.29. The van der Waals surface area contributed by atoms with E-state index in [2.05, 4.69) is 9.47 Å². The molecule has 1 aromatic rings. The lowest BCUT2D eigenvalue weighted by Gasteiger charge is -2.11. The second kappa shape index (κ2) is 7.07. The summed E-state index contributed by atoms with van der Waals surface area (Å²) in [5.41, 5.74) is -0.892. The zero-order valence-corrected chi connectivity index (χ0v) is 11.7. The van der Waals surface area contributed by atoms with Crippen LogP contribution in [0.2, 0.25) is 0 Å². The Morgan fingerprint density at radius 1 is 0.957 bits per heavy atom. The number of rotatable bonds is 5. The number of esters is 1. The van der Waals surface area contributed by atoms with Gasteiger partial charge in [0, 0.05) is 0 Å². The Balaban J connectivity index is 3.21. The maximum atomic E-state index is 13.3. The second-order valence-electron chi connectivity index (χ2n) is 4.06. The normalized spacial score (nSPS) is 11.8. The molecule has 10 heteroatoms. The Kier molecular flexibility index (Phi) is 5.66. The largest absolute Gasteiger partial charge is 0.508 e. The van der Waals surface area contributed by atoms with Crippen LogP contribution in [0.25, 0.3) is 0 Å². The van der Waals surface area contributed by atoms with Crippen molar-refractivity contribution < 1.29 is 46.1 Å². The lowest BCUT2D eigenvalue weighted by Crippen LogP contribution is -2.18. The van der Waals surface area contributed by atoms with Gasteiger partial charge >= 0.3 is 5.97 Å². The van der Waals surface area contributed by atoms with E-state index >= 15 is 0 Å². The maximum absolute atomic E-state index is 13.3. The minimum Gasteiger partial charge on any atom is -0.508 e. The van der Waals surface area contributed by atoms with Crippen LogP contribution in [0.5, 0.6) is 5.75 Å². The number of methoxy groups -OCH3 is 1. The zero-order valence-electron chi connectivity index (χ0n) is 11.7. The molecular weight excluding hydrogens is 331 g/mol. The van der Waals surface area contributed by atoms with E-state index in [9.17, 15) is 36.6 Å². The Bertz CT molecular complexity index is 669. The molecule has 1 aromatic carbocycles. The van der Waals surface area contributed by atoms with Gasteiger partial charge in [0.15, 0.2) is 11.5 Å². The van der Waals surface area contributed by atoms with Crippen LogP contribution >= 0.6 is 0 Å². The van der Waals surface area contributed by atoms with Gasteiger partial charge in [-0.05, 0) is 6.92 Å². The van der Waals surface area contributed by atoms with Crippen LogP contribution in [0.3, 0.4) is 0 Å². The van der Waals surface area contributed by atoms with Gasteiger partial charge < -0.3 is 14.6 Å². The summed E-state index contributed by atoms with van der Waals surface area (Å²) in [6, 6.07) is 0. The lowest BCUT2D eigenvalue weighted by molar-refractivity contribution is -0.137. The lowest BCUT2D eigenvalue weighted by atomic mass is 10.1. The molecule has 0 aliphatic carbocycles. The second-order valence-corrected chi connectivity index (χ2v) is 4.06. The van der Waals surface area contributed by atoms with E-state index < -0.39 is 64.5 Å². The Morgan fingerprint density at radius 2 is 1.39 bits per heavy atom. The highest BCUT2D eigenvalue weighted by Gasteiger charge is 2.28. The van der Waals surface area contributed by atoms with E-state index in [-0.39, 0.29) is 0 Å². The van der Waals surface area contributed by atoms with Crippen LogP contribution < -0.4 is 4.74 Å². The van der Waals surface area contributed by atoms with Crippen LogP contribution in [0, 0.1) is 29.1 Å². The topological polar surface area (TPSA) is 72.8 Å². The Hall–Kier alpha value is -2.65. The molecule has 0 unspecified atom stereocenters. The fourth-order valence-corrected chi connectivity index (χ4v) is 1.49. The van der Waals surface area contributed by atoms with Crippen molar-refractivity contribution in [3.63, 3.8) is 0 Å². The van der Waals surface area contributed by atoms with Crippen LogP contribution in [-0.2, 0) is 14.3 Å². The molecule has 0 aliphatic rings. The highest BCUT2D eigenvalue weighted by atomic mass is 19.2. The first kappa shape index (κ1) is 18.4. The summed E-state index contributed by atoms with van der Waals surface area (Å²) in [4.78, 5) is 22.5. The van der Waals surface area contributed by atoms with E-state index in [1.807, 2.05) is 0 Å². The van der Waals surface area contributed by atoms with Gasteiger partial charge in [-0.15, -0.1) is 0 Å². The molecule has 0 aromatic heterocycles. The molecule has 0 saturated heterocycles. The average molecular weight is 340 g/mol. The number of halogens is 5. The summed E-state index contributed by atoms with van der Waals surface area (Å²) >= 11 is 0. The smallest absolute Gasteiger partial charge is 0.345 e. The molecule has 0 radical (unpaired) electrons. The SMILES string of the molecule is COC(=O)/C(C(C)=O)=C(/O)COc1c(F)c(F)c(F)c(F)c1F. The van der Waals surface area contributed by atoms with Gasteiger partial charge in [-0.3, -0.25) is 4.79 Å². The number of ether oxygens (including phenoxy) is 2. The van der Waals surface area contributed by atoms with Crippen molar-refractivity contribution >= 4 is 11.8 Å². The third-order valence-corrected chi connectivity index (χ3v) is 2.55. The molecule has 5 nitrogen and oxygen atoms in total. The van der Waals surface area contributed by atoms with Gasteiger partial charge in [0.05, 0.1) is 7.11 Å². The van der Waals surface area contributed by atoms with Crippen molar-refractivity contribution in [2.75, 3.05) is 13.7 Å². The summed E-state index contributed by atoms with van der Waals surface area (Å²) in [6.45, 7) is -0.330. The Labute approximate surface area is 125 Å². The van der Waals surface area contributed by atoms with Crippen molar-refractivity contribution in [3.8, 4) is 5.75 Å². The summed E-state index contributed by atoms with van der Waals surface area (Å²) < 4.78 is 73.9. The number of Topliss-reactive ketones (excluding diaryl/α,β-unsaturated/α-hetero) is 1. The number of carbonyl (C=O) groups is 2. The number of carbonyl (C=O) groups excluding carboxylic acids is 2. The number of benzene rings is 1. The fraction of sp³-hybridized carbons (Fsp3) is 0.231. The quantitative estimate of drug-likeness (QED) is 0.130. The van der Waals surface area contributed by atoms with Crippen molar-refractivity contribution in [1.82, 2.24) is 0 Å². The summed E-state index contributed by atoms with van der Waals surface area (Å²) in [7, 11) is 0.892. The minimum absolute atomic E-state index is 0.876. The van der Waals surface area contributed by atoms with Gasteiger partial charge in [-0.1, -0.05) is 0 Å². The van der Waals surface area contributed by atoms with Gasteiger partial charge in [-0.25, -0.2) is 18.0 Å². The number of aliphatic hydroxyl groups is 1. The maximum Gasteiger partial charge on any atom is 0.345 e. The molecule has 23 heavy (non-hydrogen) atoms. The molecule has 0 spiro atoms. The van der Waals surface area contributed by atoms with E-state index in [0.717, 1.165) is 14.0 Å². The summed E-state index contributed by atoms with van der Waals surface area (Å²) in [5.74, 6) is -16.4. The predicted octanol–water partition coefficient (Wildman–Crippen LogP) is 2.33.